The van der Waals surface area contributed by atoms with E-state index in [0.29, 0.717) is 30.3 Å². The first-order valence-corrected chi connectivity index (χ1v) is 11.5. The number of ether oxygens (including phenoxy) is 1. The summed E-state index contributed by atoms with van der Waals surface area (Å²) in [6.07, 6.45) is 0. The van der Waals surface area contributed by atoms with Gasteiger partial charge in [0.1, 0.15) is 12.3 Å². The molecule has 2 aromatic rings. The zero-order valence-electron chi connectivity index (χ0n) is 19.0. The predicted molar refractivity (Wildman–Crippen MR) is 130 cm³/mol. The summed E-state index contributed by atoms with van der Waals surface area (Å²) in [6, 6.07) is 10.6. The van der Waals surface area contributed by atoms with Gasteiger partial charge in [0.25, 0.3) is 0 Å². The molecule has 0 bridgehead atoms. The monoisotopic (exact) mass is 469 g/mol. The van der Waals surface area contributed by atoms with Crippen LogP contribution in [0.5, 0.6) is 0 Å². The fraction of sp³-hybridized carbons (Fsp3) is 0.480. The van der Waals surface area contributed by atoms with Crippen LogP contribution in [0.3, 0.4) is 0 Å². The smallest absolute Gasteiger partial charge is 0.235 e. The van der Waals surface area contributed by atoms with Crippen molar-refractivity contribution in [1.82, 2.24) is 4.98 Å². The molecule has 1 aliphatic heterocycles. The number of nitrogens with zero attached hydrogens (tertiary/aromatic N) is 3. The van der Waals surface area contributed by atoms with Crippen molar-refractivity contribution in [3.63, 3.8) is 0 Å². The van der Waals surface area contributed by atoms with Crippen molar-refractivity contribution in [3.05, 3.63) is 57.3 Å². The lowest BCUT2D eigenvalue weighted by Gasteiger charge is -2.17. The van der Waals surface area contributed by atoms with Gasteiger partial charge in [-0.2, -0.15) is 0 Å². The molecule has 4 nitrogen and oxygen atoms in total. The molecule has 0 unspecified atom stereocenters. The van der Waals surface area contributed by atoms with Gasteiger partial charge in [0, 0.05) is 4.47 Å². The summed E-state index contributed by atoms with van der Waals surface area (Å²) in [4.78, 5) is 14.6. The van der Waals surface area contributed by atoms with Crippen molar-refractivity contribution in [2.45, 2.75) is 66.3 Å². The van der Waals surface area contributed by atoms with Crippen molar-refractivity contribution in [1.29, 1.82) is 0 Å². The fourth-order valence-electron chi connectivity index (χ4n) is 3.53. The van der Waals surface area contributed by atoms with Crippen LogP contribution < -0.4 is 0 Å². The van der Waals surface area contributed by atoms with Crippen LogP contribution in [-0.2, 0) is 4.74 Å². The number of aromatic nitrogens is 1. The summed E-state index contributed by atoms with van der Waals surface area (Å²) in [7, 11) is 0. The molecule has 1 aromatic heterocycles. The van der Waals surface area contributed by atoms with E-state index in [1.54, 1.807) is 0 Å². The van der Waals surface area contributed by atoms with E-state index in [-0.39, 0.29) is 6.04 Å². The van der Waals surface area contributed by atoms with Gasteiger partial charge in [0.05, 0.1) is 23.1 Å². The Morgan fingerprint density at radius 1 is 1.07 bits per heavy atom. The van der Waals surface area contributed by atoms with Crippen LogP contribution in [0.2, 0.25) is 0 Å². The van der Waals surface area contributed by atoms with Gasteiger partial charge in [-0.3, -0.25) is 4.99 Å². The topological polar surface area (TPSA) is 46.8 Å². The van der Waals surface area contributed by atoms with Gasteiger partial charge in [-0.25, -0.2) is 9.98 Å². The van der Waals surface area contributed by atoms with Crippen molar-refractivity contribution >= 4 is 33.2 Å². The predicted octanol–water partition coefficient (Wildman–Crippen LogP) is 7.03. The van der Waals surface area contributed by atoms with Gasteiger partial charge >= 0.3 is 0 Å². The molecule has 1 aliphatic rings. The molecular formula is C25H32BrN3O. The van der Waals surface area contributed by atoms with Crippen LogP contribution in [0.25, 0.3) is 0 Å². The number of benzene rings is 1. The minimum atomic E-state index is 0.186. The van der Waals surface area contributed by atoms with E-state index in [2.05, 4.69) is 75.7 Å². The van der Waals surface area contributed by atoms with Crippen LogP contribution in [0.15, 0.2) is 44.8 Å². The van der Waals surface area contributed by atoms with Crippen LogP contribution in [0.1, 0.15) is 82.8 Å². The quantitative estimate of drug-likeness (QED) is 0.426. The first-order chi connectivity index (χ1) is 14.2. The number of aliphatic imine (C=N–C) groups is 2. The van der Waals surface area contributed by atoms with Crippen LogP contribution >= 0.6 is 15.9 Å². The first-order valence-electron chi connectivity index (χ1n) is 10.7. The molecule has 0 radical (unpaired) electrons. The van der Waals surface area contributed by atoms with Crippen LogP contribution in [0.4, 0.5) is 5.69 Å². The molecule has 30 heavy (non-hydrogen) atoms. The average Bonchev–Trinajstić information content (AvgIpc) is 3.18. The van der Waals surface area contributed by atoms with E-state index in [0.717, 1.165) is 27.3 Å². The van der Waals surface area contributed by atoms with E-state index < -0.39 is 0 Å². The molecule has 160 valence electrons. The minimum absolute atomic E-state index is 0.186. The third kappa shape index (κ3) is 5.00. The Labute approximate surface area is 189 Å². The molecular weight excluding hydrogens is 438 g/mol. The van der Waals surface area contributed by atoms with Gasteiger partial charge in [-0.05, 0) is 47.9 Å². The Kier molecular flexibility index (Phi) is 7.12. The molecule has 0 saturated carbocycles. The summed E-state index contributed by atoms with van der Waals surface area (Å²) in [5.41, 5.74) is 6.05. The van der Waals surface area contributed by atoms with E-state index in [1.807, 2.05) is 19.1 Å². The number of pyridine rings is 1. The minimum Gasteiger partial charge on any atom is -0.474 e. The number of halogens is 1. The van der Waals surface area contributed by atoms with Gasteiger partial charge in [0.15, 0.2) is 0 Å². The molecule has 0 spiro atoms. The second-order valence-electron chi connectivity index (χ2n) is 8.90. The summed E-state index contributed by atoms with van der Waals surface area (Å²) in [5, 5.41) is 0. The fourth-order valence-corrected chi connectivity index (χ4v) is 3.96. The van der Waals surface area contributed by atoms with E-state index in [1.165, 1.54) is 11.1 Å². The maximum Gasteiger partial charge on any atom is 0.235 e. The molecule has 0 saturated heterocycles. The highest BCUT2D eigenvalue weighted by molar-refractivity contribution is 9.10. The summed E-state index contributed by atoms with van der Waals surface area (Å²) < 4.78 is 6.79. The summed E-state index contributed by atoms with van der Waals surface area (Å²) in [6.45, 7) is 15.8. The molecule has 3 rings (SSSR count). The van der Waals surface area contributed by atoms with Crippen molar-refractivity contribution < 1.29 is 4.74 Å². The zero-order chi connectivity index (χ0) is 22.0. The highest BCUT2D eigenvalue weighted by Gasteiger charge is 2.24. The Morgan fingerprint density at radius 2 is 1.70 bits per heavy atom. The number of hydrogen-bond acceptors (Lipinski definition) is 4. The third-order valence-corrected chi connectivity index (χ3v) is 5.90. The molecule has 0 fully saturated rings. The number of hydrogen-bond donors (Lipinski definition) is 0. The highest BCUT2D eigenvalue weighted by atomic mass is 79.9. The second kappa shape index (κ2) is 9.42. The number of rotatable bonds is 6. The summed E-state index contributed by atoms with van der Waals surface area (Å²) >= 11 is 3.63. The van der Waals surface area contributed by atoms with Gasteiger partial charge < -0.3 is 4.74 Å². The molecule has 1 aromatic carbocycles. The lowest BCUT2D eigenvalue weighted by Crippen LogP contribution is -2.13. The maximum absolute atomic E-state index is 5.85. The molecule has 5 heteroatoms. The maximum atomic E-state index is 5.85. The van der Waals surface area contributed by atoms with Crippen molar-refractivity contribution in [2.75, 3.05) is 6.61 Å². The van der Waals surface area contributed by atoms with E-state index in [4.69, 9.17) is 19.7 Å². The van der Waals surface area contributed by atoms with Crippen LogP contribution in [-0.4, -0.2) is 29.2 Å². The molecule has 2 heterocycles. The van der Waals surface area contributed by atoms with E-state index in [9.17, 15) is 0 Å². The van der Waals surface area contributed by atoms with Gasteiger partial charge in [-0.1, -0.05) is 75.7 Å². The van der Waals surface area contributed by atoms with Crippen molar-refractivity contribution in [2.24, 2.45) is 15.9 Å². The van der Waals surface area contributed by atoms with Gasteiger partial charge in [-0.15, -0.1) is 0 Å². The molecule has 0 amide bonds. The van der Waals surface area contributed by atoms with Gasteiger partial charge in [0.2, 0.25) is 5.90 Å². The normalized spacial score (nSPS) is 17.1. The van der Waals surface area contributed by atoms with Crippen molar-refractivity contribution in [3.8, 4) is 0 Å². The number of para-hydroxylation sites is 1. The molecule has 0 aliphatic carbocycles. The standard InChI is InChI=1S/C25H32BrN3O/c1-14(2)19-9-8-10-20(15(3)4)24(19)27-17(7)21-11-18(26)12-22(28-21)25-29-23(13-30-25)16(5)6/h8-12,14-16,23H,13H2,1-7H3/t23-/m1/s1. The Balaban J connectivity index is 2.05. The first kappa shape index (κ1) is 22.7. The Morgan fingerprint density at radius 3 is 2.23 bits per heavy atom. The highest BCUT2D eigenvalue weighted by Crippen LogP contribution is 2.35. The average molecular weight is 470 g/mol. The second-order valence-corrected chi connectivity index (χ2v) is 9.82. The zero-order valence-corrected chi connectivity index (χ0v) is 20.6. The Bertz CT molecular complexity index is 950. The lowest BCUT2D eigenvalue weighted by molar-refractivity contribution is 0.291. The lowest BCUT2D eigenvalue weighted by atomic mass is 9.93. The van der Waals surface area contributed by atoms with Crippen LogP contribution in [0, 0.1) is 5.92 Å². The SMILES string of the molecule is CC(=Nc1c(C(C)C)cccc1C(C)C)c1cc(Br)cc(C2=N[C@@H](C(C)C)CO2)n1. The molecule has 1 atom stereocenters. The summed E-state index contributed by atoms with van der Waals surface area (Å²) in [5.74, 6) is 1.86. The largest absolute Gasteiger partial charge is 0.474 e. The van der Waals surface area contributed by atoms with E-state index >= 15 is 0 Å². The Hall–Kier alpha value is -2.01. The molecule has 0 N–H and O–H groups in total. The third-order valence-electron chi connectivity index (χ3n) is 5.45.